The van der Waals surface area contributed by atoms with E-state index in [1.54, 1.807) is 0 Å². The second-order valence-corrected chi connectivity index (χ2v) is 10.8. The van der Waals surface area contributed by atoms with Crippen molar-refractivity contribution in [3.05, 3.63) is 30.0 Å². The Morgan fingerprint density at radius 3 is 2.55 bits per heavy atom. The minimum atomic E-state index is -0.741. The fraction of sp³-hybridized carbons (Fsp3) is 0.625. The van der Waals surface area contributed by atoms with Gasteiger partial charge in [0, 0.05) is 42.5 Å². The highest BCUT2D eigenvalue weighted by Crippen LogP contribution is 2.59. The Kier molecular flexibility index (Phi) is 4.09. The molecule has 6 heterocycles. The van der Waals surface area contributed by atoms with Crippen molar-refractivity contribution in [3.8, 4) is 0 Å². The molecule has 9 nitrogen and oxygen atoms in total. The zero-order chi connectivity index (χ0) is 22.4. The molecule has 1 aliphatic carbocycles. The predicted octanol–water partition coefficient (Wildman–Crippen LogP) is 0.941. The van der Waals surface area contributed by atoms with Gasteiger partial charge in [-0.05, 0) is 57.2 Å². The third-order valence-corrected chi connectivity index (χ3v) is 9.34. The number of benzene rings is 1. The van der Waals surface area contributed by atoms with Crippen LogP contribution in [0.5, 0.6) is 0 Å². The number of hydrogen-bond acceptors (Lipinski definition) is 6. The molecule has 4 atom stereocenters. The topological polar surface area (TPSA) is 109 Å². The number of carbonyl (C=O) groups excluding carboxylic acids is 2. The van der Waals surface area contributed by atoms with Gasteiger partial charge in [0.05, 0.1) is 5.52 Å². The van der Waals surface area contributed by atoms with Crippen LogP contribution in [0.1, 0.15) is 42.6 Å². The lowest BCUT2D eigenvalue weighted by Gasteiger charge is -2.58. The molecule has 174 valence electrons. The van der Waals surface area contributed by atoms with E-state index >= 15 is 0 Å². The van der Waals surface area contributed by atoms with Crippen LogP contribution in [0, 0.1) is 11.8 Å². The van der Waals surface area contributed by atoms with Crippen LogP contribution in [0.2, 0.25) is 0 Å². The first-order valence-electron chi connectivity index (χ1n) is 12.3. The van der Waals surface area contributed by atoms with Crippen molar-refractivity contribution in [2.24, 2.45) is 17.6 Å². The zero-order valence-corrected chi connectivity index (χ0v) is 18.8. The Morgan fingerprint density at radius 2 is 1.91 bits per heavy atom. The Labute approximate surface area is 192 Å². The van der Waals surface area contributed by atoms with Gasteiger partial charge in [0.15, 0.2) is 5.69 Å². The first-order chi connectivity index (χ1) is 16.0. The van der Waals surface area contributed by atoms with E-state index in [0.29, 0.717) is 23.4 Å². The first-order valence-corrected chi connectivity index (χ1v) is 12.3. The normalized spacial score (nSPS) is 38.8. The monoisotopic (exact) mass is 449 g/mol. The minimum Gasteiger partial charge on any atom is -0.332 e. The van der Waals surface area contributed by atoms with Gasteiger partial charge in [-0.3, -0.25) is 9.69 Å². The van der Waals surface area contributed by atoms with Crippen molar-refractivity contribution in [2.45, 2.75) is 49.3 Å². The lowest BCUT2D eigenvalue weighted by atomic mass is 9.59. The molecule has 1 aromatic carbocycles. The number of fused-ring (bicyclic) bond motifs is 4. The molecule has 6 aliphatic rings. The van der Waals surface area contributed by atoms with Gasteiger partial charge >= 0.3 is 6.03 Å². The van der Waals surface area contributed by atoms with Crippen LogP contribution in [0.4, 0.5) is 4.79 Å². The Hall–Kier alpha value is -2.49. The smallest absolute Gasteiger partial charge is 0.332 e. The van der Waals surface area contributed by atoms with Crippen LogP contribution in [0.3, 0.4) is 0 Å². The second kappa shape index (κ2) is 6.77. The van der Waals surface area contributed by atoms with Crippen molar-refractivity contribution >= 4 is 22.8 Å². The zero-order valence-electron chi connectivity index (χ0n) is 18.8. The van der Waals surface area contributed by atoms with Gasteiger partial charge in [-0.2, -0.15) is 9.78 Å². The van der Waals surface area contributed by atoms with Crippen LogP contribution in [-0.4, -0.2) is 81.5 Å². The summed E-state index contributed by atoms with van der Waals surface area (Å²) in [5, 5.41) is 11.5. The number of piperidine rings is 3. The highest BCUT2D eigenvalue weighted by atomic mass is 16.2. The van der Waals surface area contributed by atoms with E-state index in [2.05, 4.69) is 25.5 Å². The van der Waals surface area contributed by atoms with Crippen molar-refractivity contribution in [1.29, 1.82) is 0 Å². The number of nitrogens with one attached hydrogen (secondary N) is 2. The molecule has 2 amide bonds. The Balaban J connectivity index is 1.16. The van der Waals surface area contributed by atoms with Gasteiger partial charge in [-0.15, -0.1) is 0 Å². The molecule has 1 aromatic heterocycles. The summed E-state index contributed by atoms with van der Waals surface area (Å²) < 4.78 is 1.36. The fourth-order valence-corrected chi connectivity index (χ4v) is 7.39. The molecule has 33 heavy (non-hydrogen) atoms. The van der Waals surface area contributed by atoms with E-state index in [9.17, 15) is 9.59 Å². The molecular formula is C24H31N7O2. The molecule has 5 aliphatic heterocycles. The van der Waals surface area contributed by atoms with Gasteiger partial charge in [0.2, 0.25) is 0 Å². The molecule has 2 bridgehead atoms. The van der Waals surface area contributed by atoms with Crippen LogP contribution >= 0.6 is 0 Å². The maximum Gasteiger partial charge on any atom is 0.342 e. The molecule has 6 fully saturated rings. The van der Waals surface area contributed by atoms with E-state index in [-0.39, 0.29) is 35.1 Å². The van der Waals surface area contributed by atoms with E-state index in [1.165, 1.54) is 17.5 Å². The van der Waals surface area contributed by atoms with Crippen molar-refractivity contribution in [3.63, 3.8) is 0 Å². The van der Waals surface area contributed by atoms with Gasteiger partial charge < -0.3 is 21.3 Å². The molecule has 8 rings (SSSR count). The van der Waals surface area contributed by atoms with Gasteiger partial charge in [0.1, 0.15) is 5.66 Å². The maximum atomic E-state index is 13.4. The molecule has 1 saturated carbocycles. The molecule has 4 N–H and O–H groups in total. The summed E-state index contributed by atoms with van der Waals surface area (Å²) in [6.45, 7) is 4.86. The third-order valence-electron chi connectivity index (χ3n) is 9.34. The van der Waals surface area contributed by atoms with Crippen molar-refractivity contribution in [1.82, 2.24) is 30.2 Å². The van der Waals surface area contributed by atoms with E-state index < -0.39 is 5.66 Å². The highest BCUT2D eigenvalue weighted by Gasteiger charge is 2.68. The summed E-state index contributed by atoms with van der Waals surface area (Å²) in [6, 6.07) is 7.30. The second-order valence-electron chi connectivity index (χ2n) is 10.8. The summed E-state index contributed by atoms with van der Waals surface area (Å²) in [4.78, 5) is 31.5. The van der Waals surface area contributed by atoms with Crippen molar-refractivity contribution in [2.75, 3.05) is 32.7 Å². The third kappa shape index (κ3) is 2.73. The molecule has 2 aromatic rings. The molecule has 1 unspecified atom stereocenters. The fourth-order valence-electron chi connectivity index (χ4n) is 7.39. The summed E-state index contributed by atoms with van der Waals surface area (Å²) in [7, 11) is 0. The van der Waals surface area contributed by atoms with Gasteiger partial charge in [0.25, 0.3) is 5.91 Å². The number of aromatic nitrogens is 2. The Morgan fingerprint density at radius 1 is 1.09 bits per heavy atom. The highest BCUT2D eigenvalue weighted by molar-refractivity contribution is 6.07. The number of para-hydroxylation sites is 1. The van der Waals surface area contributed by atoms with Crippen LogP contribution in [0.15, 0.2) is 24.3 Å². The Bertz CT molecular complexity index is 1150. The lowest BCUT2D eigenvalue weighted by molar-refractivity contribution is -0.0721. The molecule has 5 saturated heterocycles. The number of carbonyl (C=O) groups is 2. The average Bonchev–Trinajstić information content (AvgIpc) is 3.21. The molecule has 0 radical (unpaired) electrons. The quantitative estimate of drug-likeness (QED) is 0.602. The van der Waals surface area contributed by atoms with Crippen LogP contribution in [-0.2, 0) is 0 Å². The average molecular weight is 450 g/mol. The number of rotatable bonds is 3. The van der Waals surface area contributed by atoms with Crippen LogP contribution in [0.25, 0.3) is 10.9 Å². The number of nitrogens with zero attached hydrogens (tertiary/aromatic N) is 4. The number of hydrogen-bond donors (Lipinski definition) is 3. The largest absolute Gasteiger partial charge is 0.342 e. The summed E-state index contributed by atoms with van der Waals surface area (Å²) in [6.07, 6.45) is 5.63. The van der Waals surface area contributed by atoms with Gasteiger partial charge in [-0.25, -0.2) is 4.79 Å². The maximum absolute atomic E-state index is 13.4. The lowest BCUT2D eigenvalue weighted by Crippen LogP contribution is -2.68. The number of nitrogens with two attached hydrogens (primary N) is 1. The molecular weight excluding hydrogens is 418 g/mol. The minimum absolute atomic E-state index is 0.130. The van der Waals surface area contributed by atoms with Crippen molar-refractivity contribution < 1.29 is 9.59 Å². The molecule has 1 spiro atoms. The van der Waals surface area contributed by atoms with E-state index in [1.807, 2.05) is 24.3 Å². The standard InChI is InChI=1S/C24H31N7O2/c25-24(14-30-12-9-23(30)8-5-19(23)24)27-21(32)20-16-3-1-2-4-18(16)31(28-20)22(33)26-17-13-29-10-6-15(17)7-11-29/h1-4,15,17,19H,5-14,25H2,(H,26,33)(H,27,32)/t17-,19+,23?,24-/m1/s1. The molecule has 9 heteroatoms. The predicted molar refractivity (Wildman–Crippen MR) is 123 cm³/mol. The summed E-state index contributed by atoms with van der Waals surface area (Å²) in [5.74, 6) is 0.506. The SMILES string of the molecule is N[C@@]1(NC(=O)c2nn(C(=O)N[C@@H]3CN4CCC3CC4)c3ccccc23)CN2CCC23CC[C@@H]31. The number of amides is 2. The van der Waals surface area contributed by atoms with Crippen LogP contribution < -0.4 is 16.4 Å². The first kappa shape index (κ1) is 19.9. The summed E-state index contributed by atoms with van der Waals surface area (Å²) in [5.41, 5.74) is 7.15. The van der Waals surface area contributed by atoms with E-state index in [0.717, 1.165) is 45.4 Å². The van der Waals surface area contributed by atoms with E-state index in [4.69, 9.17) is 5.73 Å². The van der Waals surface area contributed by atoms with Gasteiger partial charge in [-0.1, -0.05) is 18.2 Å². The summed E-state index contributed by atoms with van der Waals surface area (Å²) >= 11 is 0.